The van der Waals surface area contributed by atoms with E-state index in [-0.39, 0.29) is 5.97 Å². The van der Waals surface area contributed by atoms with Gasteiger partial charge in [-0.15, -0.1) is 0 Å². The lowest BCUT2D eigenvalue weighted by Gasteiger charge is -2.18. The standard InChI is InChI=1S/C10H19NO4/c1-4-6-8(10(14)15-5-2)11-7(3)9(12)13/h7-8,11H,4-6H2,1-3H3,(H,12,13)/t7-,8?/m0/s1. The third-order valence-corrected chi connectivity index (χ3v) is 1.97. The summed E-state index contributed by atoms with van der Waals surface area (Å²) in [5, 5.41) is 11.4. The van der Waals surface area contributed by atoms with Crippen molar-refractivity contribution in [3.05, 3.63) is 0 Å². The fraction of sp³-hybridized carbons (Fsp3) is 0.800. The van der Waals surface area contributed by atoms with Gasteiger partial charge in [-0.1, -0.05) is 13.3 Å². The third kappa shape index (κ3) is 5.37. The number of carboxylic acids is 1. The van der Waals surface area contributed by atoms with E-state index in [0.29, 0.717) is 13.0 Å². The van der Waals surface area contributed by atoms with Crippen LogP contribution < -0.4 is 5.32 Å². The van der Waals surface area contributed by atoms with Crippen molar-refractivity contribution in [2.24, 2.45) is 0 Å². The summed E-state index contributed by atoms with van der Waals surface area (Å²) in [4.78, 5) is 22.0. The van der Waals surface area contributed by atoms with Crippen LogP contribution in [0.5, 0.6) is 0 Å². The van der Waals surface area contributed by atoms with Crippen molar-refractivity contribution >= 4 is 11.9 Å². The molecule has 0 aromatic rings. The molecule has 2 N–H and O–H groups in total. The largest absolute Gasteiger partial charge is 0.480 e. The van der Waals surface area contributed by atoms with Gasteiger partial charge in [-0.3, -0.25) is 14.9 Å². The van der Waals surface area contributed by atoms with Crippen LogP contribution in [0.4, 0.5) is 0 Å². The fourth-order valence-electron chi connectivity index (χ4n) is 1.17. The first kappa shape index (κ1) is 13.9. The number of carbonyl (C=O) groups is 2. The zero-order valence-corrected chi connectivity index (χ0v) is 9.45. The van der Waals surface area contributed by atoms with E-state index in [1.54, 1.807) is 6.92 Å². The molecule has 0 saturated heterocycles. The van der Waals surface area contributed by atoms with E-state index in [1.165, 1.54) is 6.92 Å². The van der Waals surface area contributed by atoms with Gasteiger partial charge in [0.2, 0.25) is 0 Å². The Balaban J connectivity index is 4.25. The van der Waals surface area contributed by atoms with Gasteiger partial charge in [0.1, 0.15) is 12.1 Å². The summed E-state index contributed by atoms with van der Waals surface area (Å²) in [6.07, 6.45) is 1.37. The van der Waals surface area contributed by atoms with Gasteiger partial charge < -0.3 is 9.84 Å². The smallest absolute Gasteiger partial charge is 0.323 e. The predicted octanol–water partition coefficient (Wildman–Crippen LogP) is 0.781. The molecule has 2 atom stereocenters. The highest BCUT2D eigenvalue weighted by Crippen LogP contribution is 2.01. The van der Waals surface area contributed by atoms with Gasteiger partial charge >= 0.3 is 11.9 Å². The quantitative estimate of drug-likeness (QED) is 0.616. The molecule has 0 aromatic carbocycles. The molecule has 0 amide bonds. The SMILES string of the molecule is CCCC(N[C@@H](C)C(=O)O)C(=O)OCC. The van der Waals surface area contributed by atoms with Gasteiger partial charge in [0.15, 0.2) is 0 Å². The van der Waals surface area contributed by atoms with Crippen LogP contribution >= 0.6 is 0 Å². The molecule has 0 spiro atoms. The van der Waals surface area contributed by atoms with Crippen LogP contribution in [0.15, 0.2) is 0 Å². The minimum Gasteiger partial charge on any atom is -0.480 e. The Morgan fingerprint density at radius 2 is 2.00 bits per heavy atom. The normalized spacial score (nSPS) is 14.3. The average molecular weight is 217 g/mol. The van der Waals surface area contributed by atoms with Crippen molar-refractivity contribution in [2.45, 2.75) is 45.7 Å². The zero-order valence-electron chi connectivity index (χ0n) is 9.45. The zero-order chi connectivity index (χ0) is 11.8. The Morgan fingerprint density at radius 3 is 2.40 bits per heavy atom. The van der Waals surface area contributed by atoms with E-state index in [2.05, 4.69) is 5.32 Å². The molecule has 0 fully saturated rings. The molecule has 1 unspecified atom stereocenters. The fourth-order valence-corrected chi connectivity index (χ4v) is 1.17. The molecular weight excluding hydrogens is 198 g/mol. The first-order valence-corrected chi connectivity index (χ1v) is 5.18. The van der Waals surface area contributed by atoms with Gasteiger partial charge in [-0.05, 0) is 20.3 Å². The number of nitrogens with one attached hydrogen (secondary N) is 1. The molecule has 0 radical (unpaired) electrons. The summed E-state index contributed by atoms with van der Waals surface area (Å²) < 4.78 is 4.84. The maximum Gasteiger partial charge on any atom is 0.323 e. The third-order valence-electron chi connectivity index (χ3n) is 1.97. The maximum absolute atomic E-state index is 11.4. The second-order valence-corrected chi connectivity index (χ2v) is 3.32. The highest BCUT2D eigenvalue weighted by Gasteiger charge is 2.23. The average Bonchev–Trinajstić information content (AvgIpc) is 2.17. The number of ether oxygens (including phenoxy) is 1. The number of hydrogen-bond acceptors (Lipinski definition) is 4. The van der Waals surface area contributed by atoms with Crippen LogP contribution in [0.1, 0.15) is 33.6 Å². The molecule has 0 heterocycles. The van der Waals surface area contributed by atoms with E-state index in [9.17, 15) is 9.59 Å². The Kier molecular flexibility index (Phi) is 6.70. The van der Waals surface area contributed by atoms with E-state index >= 15 is 0 Å². The Labute approximate surface area is 89.8 Å². The van der Waals surface area contributed by atoms with E-state index in [0.717, 1.165) is 6.42 Å². The number of hydrogen-bond donors (Lipinski definition) is 2. The summed E-state index contributed by atoms with van der Waals surface area (Å²) in [7, 11) is 0. The van der Waals surface area contributed by atoms with Crippen molar-refractivity contribution in [3.8, 4) is 0 Å². The van der Waals surface area contributed by atoms with Gasteiger partial charge in [0.25, 0.3) is 0 Å². The summed E-state index contributed by atoms with van der Waals surface area (Å²) in [5.41, 5.74) is 0. The molecule has 0 aliphatic rings. The molecule has 5 heteroatoms. The van der Waals surface area contributed by atoms with Gasteiger partial charge in [0.05, 0.1) is 6.61 Å². The summed E-state index contributed by atoms with van der Waals surface area (Å²) in [6, 6.07) is -1.27. The molecule has 88 valence electrons. The van der Waals surface area contributed by atoms with E-state index < -0.39 is 18.1 Å². The van der Waals surface area contributed by atoms with Crippen molar-refractivity contribution in [1.29, 1.82) is 0 Å². The summed E-state index contributed by atoms with van der Waals surface area (Å²) in [6.45, 7) is 5.47. The highest BCUT2D eigenvalue weighted by molar-refractivity contribution is 5.78. The van der Waals surface area contributed by atoms with Crippen LogP contribution in [0.2, 0.25) is 0 Å². The van der Waals surface area contributed by atoms with Crippen molar-refractivity contribution in [3.63, 3.8) is 0 Å². The predicted molar refractivity (Wildman–Crippen MR) is 55.6 cm³/mol. The van der Waals surface area contributed by atoms with Crippen LogP contribution in [0.3, 0.4) is 0 Å². The van der Waals surface area contributed by atoms with E-state index in [4.69, 9.17) is 9.84 Å². The second kappa shape index (κ2) is 7.23. The summed E-state index contributed by atoms with van der Waals surface area (Å²) >= 11 is 0. The number of esters is 1. The Bertz CT molecular complexity index is 217. The number of aliphatic carboxylic acids is 1. The first-order chi connectivity index (χ1) is 7.02. The monoisotopic (exact) mass is 217 g/mol. The van der Waals surface area contributed by atoms with Gasteiger partial charge in [0, 0.05) is 0 Å². The molecule has 0 aliphatic heterocycles. The lowest BCUT2D eigenvalue weighted by molar-refractivity contribution is -0.147. The van der Waals surface area contributed by atoms with Crippen LogP contribution in [-0.2, 0) is 14.3 Å². The number of carboxylic acid groups (broad SMARTS) is 1. The molecule has 0 aliphatic carbocycles. The topological polar surface area (TPSA) is 75.6 Å². The first-order valence-electron chi connectivity index (χ1n) is 5.18. The minimum atomic E-state index is -0.972. The van der Waals surface area contributed by atoms with Crippen molar-refractivity contribution in [1.82, 2.24) is 5.32 Å². The molecule has 0 saturated carbocycles. The van der Waals surface area contributed by atoms with Crippen LogP contribution in [0.25, 0.3) is 0 Å². The lowest BCUT2D eigenvalue weighted by atomic mass is 10.1. The second-order valence-electron chi connectivity index (χ2n) is 3.32. The Morgan fingerprint density at radius 1 is 1.40 bits per heavy atom. The summed E-state index contributed by atoms with van der Waals surface area (Å²) in [5.74, 6) is -1.35. The van der Waals surface area contributed by atoms with Crippen molar-refractivity contribution < 1.29 is 19.4 Å². The minimum absolute atomic E-state index is 0.308. The molecule has 0 rings (SSSR count). The number of carbonyl (C=O) groups excluding carboxylic acids is 1. The lowest BCUT2D eigenvalue weighted by Crippen LogP contribution is -2.46. The van der Waals surface area contributed by atoms with Gasteiger partial charge in [-0.2, -0.15) is 0 Å². The molecule has 15 heavy (non-hydrogen) atoms. The Hall–Kier alpha value is -1.10. The highest BCUT2D eigenvalue weighted by atomic mass is 16.5. The number of rotatable bonds is 7. The maximum atomic E-state index is 11.4. The molecule has 0 bridgehead atoms. The molecule has 0 aromatic heterocycles. The molecular formula is C10H19NO4. The van der Waals surface area contributed by atoms with Crippen LogP contribution in [-0.4, -0.2) is 35.7 Å². The van der Waals surface area contributed by atoms with Crippen LogP contribution in [0, 0.1) is 0 Å². The van der Waals surface area contributed by atoms with E-state index in [1.807, 2.05) is 6.92 Å². The van der Waals surface area contributed by atoms with Gasteiger partial charge in [-0.25, -0.2) is 0 Å². The molecule has 5 nitrogen and oxygen atoms in total. The van der Waals surface area contributed by atoms with Crippen molar-refractivity contribution in [2.75, 3.05) is 6.61 Å².